The number of nitrogens with zero attached hydrogens (tertiary/aromatic N) is 2. The van der Waals surface area contributed by atoms with Crippen LogP contribution < -0.4 is 5.73 Å². The van der Waals surface area contributed by atoms with E-state index in [0.717, 1.165) is 12.1 Å². The summed E-state index contributed by atoms with van der Waals surface area (Å²) < 4.78 is 0. The molecule has 3 nitrogen and oxygen atoms in total. The molecule has 0 atom stereocenters. The normalized spacial score (nSPS) is 16.7. The molecule has 0 radical (unpaired) electrons. The van der Waals surface area contributed by atoms with Gasteiger partial charge in [-0.05, 0) is 12.1 Å². The second kappa shape index (κ2) is 5.62. The molecule has 94 valence electrons. The minimum atomic E-state index is 0.559. The summed E-state index contributed by atoms with van der Waals surface area (Å²) in [7, 11) is 0. The number of nitrogens with two attached hydrogens (primary N) is 1. The van der Waals surface area contributed by atoms with Crippen molar-refractivity contribution in [2.75, 3.05) is 13.1 Å². The van der Waals surface area contributed by atoms with Gasteiger partial charge >= 0.3 is 0 Å². The van der Waals surface area contributed by atoms with Gasteiger partial charge in [-0.25, -0.2) is 0 Å². The van der Waals surface area contributed by atoms with Crippen LogP contribution in [0.15, 0.2) is 29.5 Å². The quantitative estimate of drug-likeness (QED) is 0.907. The van der Waals surface area contributed by atoms with E-state index < -0.39 is 0 Å². The van der Waals surface area contributed by atoms with E-state index >= 15 is 0 Å². The van der Waals surface area contributed by atoms with Crippen molar-refractivity contribution in [1.29, 1.82) is 5.26 Å². The Bertz CT molecular complexity index is 511. The zero-order chi connectivity index (χ0) is 13.1. The van der Waals surface area contributed by atoms with Crippen molar-refractivity contribution in [3.8, 4) is 6.07 Å². The zero-order valence-corrected chi connectivity index (χ0v) is 11.3. The molecule has 0 aliphatic carbocycles. The first-order chi connectivity index (χ1) is 8.61. The molecule has 5 heteroatoms. The molecular formula is C13H13Cl2N3. The van der Waals surface area contributed by atoms with E-state index in [1.807, 2.05) is 18.2 Å². The van der Waals surface area contributed by atoms with Crippen molar-refractivity contribution in [3.63, 3.8) is 0 Å². The van der Waals surface area contributed by atoms with Crippen LogP contribution in [0.25, 0.3) is 0 Å². The number of benzene rings is 1. The van der Waals surface area contributed by atoms with Crippen molar-refractivity contribution in [2.45, 2.75) is 13.0 Å². The first kappa shape index (κ1) is 13.2. The number of rotatable bonds is 2. The van der Waals surface area contributed by atoms with Gasteiger partial charge in [-0.1, -0.05) is 29.3 Å². The first-order valence-electron chi connectivity index (χ1n) is 5.64. The monoisotopic (exact) mass is 281 g/mol. The fourth-order valence-corrected chi connectivity index (χ4v) is 2.50. The average Bonchev–Trinajstić information content (AvgIpc) is 2.36. The SMILES string of the molecule is N#CC1=C(N)CCN(Cc2c(Cl)cccc2Cl)C1. The maximum atomic E-state index is 8.99. The molecular weight excluding hydrogens is 269 g/mol. The summed E-state index contributed by atoms with van der Waals surface area (Å²) in [6.07, 6.45) is 0.713. The van der Waals surface area contributed by atoms with Crippen molar-refractivity contribution in [1.82, 2.24) is 4.90 Å². The van der Waals surface area contributed by atoms with Gasteiger partial charge in [0, 0.05) is 47.4 Å². The van der Waals surface area contributed by atoms with Gasteiger partial charge in [-0.15, -0.1) is 0 Å². The van der Waals surface area contributed by atoms with Gasteiger partial charge < -0.3 is 5.73 Å². The minimum absolute atomic E-state index is 0.559. The molecule has 0 saturated carbocycles. The van der Waals surface area contributed by atoms with Crippen LogP contribution in [0.5, 0.6) is 0 Å². The summed E-state index contributed by atoms with van der Waals surface area (Å²) >= 11 is 12.3. The Morgan fingerprint density at radius 2 is 2.00 bits per heavy atom. The van der Waals surface area contributed by atoms with Crippen LogP contribution in [0.4, 0.5) is 0 Å². The summed E-state index contributed by atoms with van der Waals surface area (Å²) in [5.41, 5.74) is 8.02. The molecule has 0 bridgehead atoms. The van der Waals surface area contributed by atoms with Gasteiger partial charge in [0.2, 0.25) is 0 Å². The summed E-state index contributed by atoms with van der Waals surface area (Å²) in [4.78, 5) is 2.13. The lowest BCUT2D eigenvalue weighted by Crippen LogP contribution is -2.33. The lowest BCUT2D eigenvalue weighted by molar-refractivity contribution is 0.280. The highest BCUT2D eigenvalue weighted by Gasteiger charge is 2.19. The predicted octanol–water partition coefficient (Wildman–Crippen LogP) is 2.94. The van der Waals surface area contributed by atoms with Crippen LogP contribution in [0.1, 0.15) is 12.0 Å². The molecule has 0 aromatic heterocycles. The summed E-state index contributed by atoms with van der Waals surface area (Å²) in [5, 5.41) is 10.3. The van der Waals surface area contributed by atoms with E-state index in [-0.39, 0.29) is 0 Å². The van der Waals surface area contributed by atoms with Crippen molar-refractivity contribution >= 4 is 23.2 Å². The van der Waals surface area contributed by atoms with Crippen molar-refractivity contribution in [3.05, 3.63) is 45.1 Å². The van der Waals surface area contributed by atoms with Gasteiger partial charge in [0.25, 0.3) is 0 Å². The van der Waals surface area contributed by atoms with E-state index in [4.69, 9.17) is 34.2 Å². The van der Waals surface area contributed by atoms with Gasteiger partial charge in [0.15, 0.2) is 0 Å². The predicted molar refractivity (Wildman–Crippen MR) is 73.2 cm³/mol. The standard InChI is InChI=1S/C13H13Cl2N3/c14-11-2-1-3-12(15)10(11)8-18-5-4-13(17)9(6-16)7-18/h1-3H,4-5,7-8,17H2. The number of halogens is 2. The van der Waals surface area contributed by atoms with Gasteiger partial charge in [-0.2, -0.15) is 5.26 Å². The molecule has 2 N–H and O–H groups in total. The molecule has 1 heterocycles. The molecule has 0 spiro atoms. The summed E-state index contributed by atoms with van der Waals surface area (Å²) in [6, 6.07) is 7.61. The highest BCUT2D eigenvalue weighted by atomic mass is 35.5. The second-order valence-electron chi connectivity index (χ2n) is 4.28. The second-order valence-corrected chi connectivity index (χ2v) is 5.09. The van der Waals surface area contributed by atoms with Crippen molar-refractivity contribution in [2.24, 2.45) is 5.73 Å². The molecule has 0 saturated heterocycles. The van der Waals surface area contributed by atoms with Crippen LogP contribution in [-0.4, -0.2) is 18.0 Å². The van der Waals surface area contributed by atoms with E-state index in [1.54, 1.807) is 0 Å². The molecule has 1 aliphatic heterocycles. The number of hydrogen-bond donors (Lipinski definition) is 1. The maximum absolute atomic E-state index is 8.99. The average molecular weight is 282 g/mol. The fourth-order valence-electron chi connectivity index (χ4n) is 1.98. The fraction of sp³-hybridized carbons (Fsp3) is 0.308. The zero-order valence-electron chi connectivity index (χ0n) is 9.79. The van der Waals surface area contributed by atoms with Crippen LogP contribution in [0.2, 0.25) is 10.0 Å². The van der Waals surface area contributed by atoms with Crippen LogP contribution in [0.3, 0.4) is 0 Å². The molecule has 0 fully saturated rings. The third-order valence-corrected chi connectivity index (χ3v) is 3.75. The van der Waals surface area contributed by atoms with Gasteiger partial charge in [0.1, 0.15) is 0 Å². The Hall–Kier alpha value is -1.21. The van der Waals surface area contributed by atoms with Gasteiger partial charge in [0.05, 0.1) is 11.6 Å². The van der Waals surface area contributed by atoms with E-state index in [1.165, 1.54) is 0 Å². The third-order valence-electron chi connectivity index (χ3n) is 3.05. The molecule has 0 amide bonds. The molecule has 1 aliphatic rings. The first-order valence-corrected chi connectivity index (χ1v) is 6.40. The Morgan fingerprint density at radius 3 is 2.61 bits per heavy atom. The van der Waals surface area contributed by atoms with E-state index in [9.17, 15) is 0 Å². The molecule has 18 heavy (non-hydrogen) atoms. The van der Waals surface area contributed by atoms with E-state index in [0.29, 0.717) is 40.8 Å². The Kier molecular flexibility index (Phi) is 4.13. The summed E-state index contributed by atoms with van der Waals surface area (Å²) in [5.74, 6) is 0. The molecule has 1 aromatic carbocycles. The molecule has 1 aromatic rings. The van der Waals surface area contributed by atoms with E-state index in [2.05, 4.69) is 11.0 Å². The number of nitriles is 1. The van der Waals surface area contributed by atoms with Crippen molar-refractivity contribution < 1.29 is 0 Å². The van der Waals surface area contributed by atoms with Crippen LogP contribution >= 0.6 is 23.2 Å². The third kappa shape index (κ3) is 2.78. The molecule has 2 rings (SSSR count). The van der Waals surface area contributed by atoms with Crippen LogP contribution in [-0.2, 0) is 6.54 Å². The van der Waals surface area contributed by atoms with Crippen LogP contribution in [0, 0.1) is 11.3 Å². The smallest absolute Gasteiger partial charge is 0.0979 e. The Balaban J connectivity index is 2.15. The Labute approximate surface area is 116 Å². The minimum Gasteiger partial charge on any atom is -0.401 e. The highest BCUT2D eigenvalue weighted by molar-refractivity contribution is 6.35. The maximum Gasteiger partial charge on any atom is 0.0979 e. The lowest BCUT2D eigenvalue weighted by atomic mass is 10.1. The number of hydrogen-bond acceptors (Lipinski definition) is 3. The lowest BCUT2D eigenvalue weighted by Gasteiger charge is -2.27. The topological polar surface area (TPSA) is 53.1 Å². The Morgan fingerprint density at radius 1 is 1.33 bits per heavy atom. The highest BCUT2D eigenvalue weighted by Crippen LogP contribution is 2.27. The molecule has 0 unspecified atom stereocenters. The summed E-state index contributed by atoms with van der Waals surface area (Å²) in [6.45, 7) is 2.01. The van der Waals surface area contributed by atoms with Gasteiger partial charge in [-0.3, -0.25) is 4.90 Å². The largest absolute Gasteiger partial charge is 0.401 e.